The predicted octanol–water partition coefficient (Wildman–Crippen LogP) is 3.83. The minimum Gasteiger partial charge on any atom is -0.364 e. The summed E-state index contributed by atoms with van der Waals surface area (Å²) in [6, 6.07) is 3.83. The van der Waals surface area contributed by atoms with Crippen LogP contribution in [0.3, 0.4) is 0 Å². The second-order valence-corrected chi connectivity index (χ2v) is 9.53. The molecule has 2 aliphatic rings. The van der Waals surface area contributed by atoms with Gasteiger partial charge in [-0.05, 0) is 51.1 Å². The molecule has 6 heterocycles. The van der Waals surface area contributed by atoms with E-state index in [1.54, 1.807) is 24.8 Å². The number of rotatable bonds is 5. The van der Waals surface area contributed by atoms with Gasteiger partial charge >= 0.3 is 0 Å². The number of nitrogens with zero attached hydrogens (tertiary/aromatic N) is 7. The van der Waals surface area contributed by atoms with E-state index in [1.165, 1.54) is 6.42 Å². The van der Waals surface area contributed by atoms with Crippen LogP contribution in [0.25, 0.3) is 22.3 Å². The standard InChI is InChI=1S/C26H28FN9/c1-35(2)14-16-10-17(12-28-11-16)22-21(27)20-19(13-30-22)31-15-32-24(20)25-33-18-6-7-29-26(23(18)34-25)36-8-4-3-5-9-36/h6-7,10-13,31H,3-5,8-9,14-15H2,1-2H3,(H,33,34). The number of pyridine rings is 3. The maximum Gasteiger partial charge on any atom is 0.161 e. The lowest BCUT2D eigenvalue weighted by Crippen LogP contribution is -2.30. The van der Waals surface area contributed by atoms with Gasteiger partial charge in [0.15, 0.2) is 17.5 Å². The van der Waals surface area contributed by atoms with Crippen molar-refractivity contribution in [1.29, 1.82) is 0 Å². The van der Waals surface area contributed by atoms with E-state index in [4.69, 9.17) is 4.98 Å². The molecule has 36 heavy (non-hydrogen) atoms. The Morgan fingerprint density at radius 1 is 1.08 bits per heavy atom. The number of nitrogens with one attached hydrogen (secondary N) is 2. The molecule has 0 atom stereocenters. The van der Waals surface area contributed by atoms with Crippen molar-refractivity contribution in [3.05, 3.63) is 59.7 Å². The molecule has 4 aromatic heterocycles. The second kappa shape index (κ2) is 9.27. The third kappa shape index (κ3) is 4.07. The van der Waals surface area contributed by atoms with E-state index in [0.29, 0.717) is 41.6 Å². The molecule has 1 fully saturated rings. The minimum absolute atomic E-state index is 0.241. The summed E-state index contributed by atoms with van der Waals surface area (Å²) < 4.78 is 16.1. The largest absolute Gasteiger partial charge is 0.364 e. The fraction of sp³-hybridized carbons (Fsp3) is 0.346. The number of halogens is 1. The number of aliphatic imine (C=N–C) groups is 1. The Labute approximate surface area is 208 Å². The number of fused-ring (bicyclic) bond motifs is 2. The van der Waals surface area contributed by atoms with Crippen LogP contribution >= 0.6 is 0 Å². The Hall–Kier alpha value is -3.92. The van der Waals surface area contributed by atoms with Crippen molar-refractivity contribution in [1.82, 2.24) is 29.8 Å². The van der Waals surface area contributed by atoms with Crippen molar-refractivity contribution >= 4 is 28.3 Å². The lowest BCUT2D eigenvalue weighted by atomic mass is 10.0. The Morgan fingerprint density at radius 2 is 1.94 bits per heavy atom. The summed E-state index contributed by atoms with van der Waals surface area (Å²) in [4.78, 5) is 30.6. The molecule has 10 heteroatoms. The number of H-pyrrole nitrogens is 1. The van der Waals surface area contributed by atoms with Gasteiger partial charge in [-0.1, -0.05) is 0 Å². The van der Waals surface area contributed by atoms with Gasteiger partial charge < -0.3 is 20.1 Å². The molecule has 9 nitrogen and oxygen atoms in total. The summed E-state index contributed by atoms with van der Waals surface area (Å²) in [5, 5.41) is 3.14. The smallest absolute Gasteiger partial charge is 0.161 e. The monoisotopic (exact) mass is 485 g/mol. The first-order chi connectivity index (χ1) is 17.6. The second-order valence-electron chi connectivity index (χ2n) is 9.53. The van der Waals surface area contributed by atoms with Crippen molar-refractivity contribution in [2.45, 2.75) is 25.8 Å². The lowest BCUT2D eigenvalue weighted by molar-refractivity contribution is 0.402. The van der Waals surface area contributed by atoms with Crippen LogP contribution in [-0.2, 0) is 6.54 Å². The summed E-state index contributed by atoms with van der Waals surface area (Å²) in [5.41, 5.74) is 4.92. The zero-order chi connectivity index (χ0) is 24.6. The Kier molecular flexibility index (Phi) is 5.80. The van der Waals surface area contributed by atoms with Crippen LogP contribution in [0, 0.1) is 5.82 Å². The van der Waals surface area contributed by atoms with Gasteiger partial charge in [0, 0.05) is 43.8 Å². The molecule has 184 valence electrons. The number of hydrogen-bond acceptors (Lipinski definition) is 8. The molecule has 2 N–H and O–H groups in total. The summed E-state index contributed by atoms with van der Waals surface area (Å²) in [6.45, 7) is 2.95. The average Bonchev–Trinajstić information content (AvgIpc) is 3.33. The Morgan fingerprint density at radius 3 is 2.78 bits per heavy atom. The SMILES string of the molecule is CN(C)Cc1cncc(-c2ncc3c(c2F)C(c2nc4c(N5CCCCC5)nccc4[nH]2)=NCN3)c1. The van der Waals surface area contributed by atoms with Crippen molar-refractivity contribution in [2.75, 3.05) is 44.1 Å². The van der Waals surface area contributed by atoms with Crippen LogP contribution in [0.5, 0.6) is 0 Å². The van der Waals surface area contributed by atoms with Gasteiger partial charge in [-0.2, -0.15) is 0 Å². The third-order valence-electron chi connectivity index (χ3n) is 6.59. The van der Waals surface area contributed by atoms with Gasteiger partial charge in [-0.25, -0.2) is 14.4 Å². The summed E-state index contributed by atoms with van der Waals surface area (Å²) in [5.74, 6) is 0.941. The molecule has 2 aliphatic heterocycles. The molecule has 0 spiro atoms. The highest BCUT2D eigenvalue weighted by Crippen LogP contribution is 2.32. The fourth-order valence-electron chi connectivity index (χ4n) is 4.97. The first kappa shape index (κ1) is 22.5. The third-order valence-corrected chi connectivity index (χ3v) is 6.59. The molecule has 0 aromatic carbocycles. The highest BCUT2D eigenvalue weighted by molar-refractivity contribution is 6.16. The number of anilines is 2. The Bertz CT molecular complexity index is 1450. The molecule has 0 saturated carbocycles. The zero-order valence-electron chi connectivity index (χ0n) is 20.4. The summed E-state index contributed by atoms with van der Waals surface area (Å²) in [7, 11) is 3.97. The topological polar surface area (TPSA) is 98.2 Å². The lowest BCUT2D eigenvalue weighted by Gasteiger charge is -2.27. The number of imidazole rings is 1. The molecule has 4 aromatic rings. The fourth-order valence-corrected chi connectivity index (χ4v) is 4.97. The van der Waals surface area contributed by atoms with E-state index in [0.717, 1.165) is 48.3 Å². The maximum absolute atomic E-state index is 16.1. The molecule has 6 rings (SSSR count). The van der Waals surface area contributed by atoms with Crippen LogP contribution in [0.1, 0.15) is 36.2 Å². The van der Waals surface area contributed by atoms with Gasteiger partial charge in [0.05, 0.1) is 23.0 Å². The van der Waals surface area contributed by atoms with Gasteiger partial charge in [0.2, 0.25) is 0 Å². The van der Waals surface area contributed by atoms with Gasteiger partial charge in [-0.3, -0.25) is 15.0 Å². The molecule has 0 aliphatic carbocycles. The first-order valence-corrected chi connectivity index (χ1v) is 12.2. The number of aromatic nitrogens is 5. The van der Waals surface area contributed by atoms with E-state index in [-0.39, 0.29) is 5.69 Å². The quantitative estimate of drug-likeness (QED) is 0.443. The molecule has 0 amide bonds. The van der Waals surface area contributed by atoms with Crippen molar-refractivity contribution < 1.29 is 4.39 Å². The van der Waals surface area contributed by atoms with Crippen LogP contribution in [0.2, 0.25) is 0 Å². The first-order valence-electron chi connectivity index (χ1n) is 12.2. The summed E-state index contributed by atoms with van der Waals surface area (Å²) >= 11 is 0. The molecular formula is C26H28FN9. The van der Waals surface area contributed by atoms with E-state index in [2.05, 4.69) is 35.1 Å². The normalized spacial score (nSPS) is 15.7. The Balaban J connectivity index is 1.42. The van der Waals surface area contributed by atoms with Gasteiger partial charge in [0.1, 0.15) is 23.6 Å². The molecule has 0 unspecified atom stereocenters. The minimum atomic E-state index is -0.447. The van der Waals surface area contributed by atoms with Crippen molar-refractivity contribution in [2.24, 2.45) is 4.99 Å². The van der Waals surface area contributed by atoms with Gasteiger partial charge in [-0.15, -0.1) is 0 Å². The van der Waals surface area contributed by atoms with E-state index < -0.39 is 5.82 Å². The number of aromatic amines is 1. The van der Waals surface area contributed by atoms with Crippen LogP contribution < -0.4 is 10.2 Å². The molecule has 1 saturated heterocycles. The predicted molar refractivity (Wildman–Crippen MR) is 139 cm³/mol. The van der Waals surface area contributed by atoms with E-state index in [1.807, 2.05) is 31.1 Å². The van der Waals surface area contributed by atoms with E-state index >= 15 is 4.39 Å². The zero-order valence-corrected chi connectivity index (χ0v) is 20.4. The number of piperidine rings is 1. The number of hydrogen-bond donors (Lipinski definition) is 2. The van der Waals surface area contributed by atoms with Crippen LogP contribution in [0.4, 0.5) is 15.9 Å². The highest BCUT2D eigenvalue weighted by atomic mass is 19.1. The van der Waals surface area contributed by atoms with Crippen LogP contribution in [0.15, 0.2) is 41.9 Å². The highest BCUT2D eigenvalue weighted by Gasteiger charge is 2.27. The maximum atomic E-state index is 16.1. The van der Waals surface area contributed by atoms with Crippen LogP contribution in [-0.4, -0.2) is 69.4 Å². The average molecular weight is 486 g/mol. The molecular weight excluding hydrogens is 457 g/mol. The van der Waals surface area contributed by atoms with Gasteiger partial charge in [0.25, 0.3) is 0 Å². The van der Waals surface area contributed by atoms with E-state index in [9.17, 15) is 0 Å². The molecule has 0 bridgehead atoms. The van der Waals surface area contributed by atoms with Crippen molar-refractivity contribution in [3.8, 4) is 11.3 Å². The van der Waals surface area contributed by atoms with Crippen molar-refractivity contribution in [3.63, 3.8) is 0 Å². The molecule has 0 radical (unpaired) electrons. The summed E-state index contributed by atoms with van der Waals surface area (Å²) in [6.07, 6.45) is 10.4.